The molecule has 8 heteroatoms. The smallest absolute Gasteiger partial charge is 0.230 e. The van der Waals surface area contributed by atoms with Crippen molar-refractivity contribution < 1.29 is 14.3 Å². The van der Waals surface area contributed by atoms with Gasteiger partial charge in [0.1, 0.15) is 5.82 Å². The summed E-state index contributed by atoms with van der Waals surface area (Å²) in [7, 11) is 3.17. The largest absolute Gasteiger partial charge is 0.493 e. The number of aryl methyl sites for hydroxylation is 1. The number of benzene rings is 1. The molecule has 0 saturated carbocycles. The first-order valence-corrected chi connectivity index (χ1v) is 8.66. The molecule has 0 bridgehead atoms. The van der Waals surface area contributed by atoms with Gasteiger partial charge in [-0.3, -0.25) is 9.89 Å². The Morgan fingerprint density at radius 2 is 2.08 bits per heavy atom. The number of H-pyrrole nitrogens is 1. The predicted octanol–water partition coefficient (Wildman–Crippen LogP) is 2.18. The van der Waals surface area contributed by atoms with E-state index in [-0.39, 0.29) is 11.7 Å². The van der Waals surface area contributed by atoms with Crippen molar-refractivity contribution in [1.82, 2.24) is 20.5 Å². The zero-order valence-electron chi connectivity index (χ0n) is 14.1. The summed E-state index contributed by atoms with van der Waals surface area (Å²) in [6.07, 6.45) is 1.87. The quantitative estimate of drug-likeness (QED) is 0.674. The fraction of sp³-hybridized carbons (Fsp3) is 0.438. The summed E-state index contributed by atoms with van der Waals surface area (Å²) in [5, 5.41) is 10.4. The molecule has 0 atom stereocenters. The molecular formula is C16H22N4O3S. The molecule has 7 nitrogen and oxygen atoms in total. The Hall–Kier alpha value is -2.22. The normalized spacial score (nSPS) is 10.5. The number of methoxy groups -OCH3 is 2. The molecule has 0 unspecified atom stereocenters. The molecule has 0 aliphatic carbocycles. The van der Waals surface area contributed by atoms with Gasteiger partial charge in [-0.1, -0.05) is 24.8 Å². The van der Waals surface area contributed by atoms with Crippen LogP contribution in [0.3, 0.4) is 0 Å². The summed E-state index contributed by atoms with van der Waals surface area (Å²) in [4.78, 5) is 16.3. The number of amides is 1. The molecule has 0 spiro atoms. The SMILES string of the molecule is CCCc1nc(SCC(=O)NCc2ccc(OC)c(OC)c2)n[nH]1. The molecule has 0 aliphatic heterocycles. The molecule has 24 heavy (non-hydrogen) atoms. The lowest BCUT2D eigenvalue weighted by Gasteiger charge is -2.10. The lowest BCUT2D eigenvalue weighted by molar-refractivity contribution is -0.118. The highest BCUT2D eigenvalue weighted by Crippen LogP contribution is 2.27. The van der Waals surface area contributed by atoms with Crippen LogP contribution in [0.2, 0.25) is 0 Å². The van der Waals surface area contributed by atoms with Gasteiger partial charge in [0.2, 0.25) is 11.1 Å². The molecule has 2 aromatic rings. The minimum atomic E-state index is -0.0726. The number of ether oxygens (including phenoxy) is 2. The van der Waals surface area contributed by atoms with Gasteiger partial charge in [0.15, 0.2) is 11.5 Å². The fourth-order valence-corrected chi connectivity index (χ4v) is 2.71. The maximum atomic E-state index is 11.9. The van der Waals surface area contributed by atoms with Crippen LogP contribution in [0, 0.1) is 0 Å². The van der Waals surface area contributed by atoms with Crippen molar-refractivity contribution in [2.24, 2.45) is 0 Å². The number of rotatable bonds is 9. The molecule has 0 fully saturated rings. The van der Waals surface area contributed by atoms with E-state index in [0.717, 1.165) is 24.2 Å². The molecule has 0 saturated heterocycles. The number of aromatic amines is 1. The Morgan fingerprint density at radius 3 is 2.79 bits per heavy atom. The van der Waals surface area contributed by atoms with Crippen molar-refractivity contribution in [3.8, 4) is 11.5 Å². The zero-order chi connectivity index (χ0) is 17.4. The minimum absolute atomic E-state index is 0.0726. The third-order valence-corrected chi connectivity index (χ3v) is 4.12. The Morgan fingerprint density at radius 1 is 1.29 bits per heavy atom. The summed E-state index contributed by atoms with van der Waals surface area (Å²) in [6.45, 7) is 2.51. The molecule has 2 N–H and O–H groups in total. The van der Waals surface area contributed by atoms with Crippen molar-refractivity contribution in [3.05, 3.63) is 29.6 Å². The van der Waals surface area contributed by atoms with Crippen LogP contribution in [-0.2, 0) is 17.8 Å². The highest BCUT2D eigenvalue weighted by atomic mass is 32.2. The Kier molecular flexibility index (Phi) is 6.92. The molecule has 0 radical (unpaired) electrons. The van der Waals surface area contributed by atoms with Crippen LogP contribution in [0.4, 0.5) is 0 Å². The van der Waals surface area contributed by atoms with Gasteiger partial charge in [0.25, 0.3) is 0 Å². The third kappa shape index (κ3) is 5.16. The molecule has 1 aromatic carbocycles. The summed E-state index contributed by atoms with van der Waals surface area (Å²) in [6, 6.07) is 5.55. The second-order valence-corrected chi connectivity index (χ2v) is 6.01. The predicted molar refractivity (Wildman–Crippen MR) is 92.5 cm³/mol. The van der Waals surface area contributed by atoms with Gasteiger partial charge in [0, 0.05) is 13.0 Å². The average molecular weight is 350 g/mol. The highest BCUT2D eigenvalue weighted by Gasteiger charge is 2.09. The van der Waals surface area contributed by atoms with E-state index in [9.17, 15) is 4.79 Å². The maximum absolute atomic E-state index is 11.9. The monoisotopic (exact) mass is 350 g/mol. The van der Waals surface area contributed by atoms with E-state index in [0.29, 0.717) is 23.2 Å². The number of nitrogens with zero attached hydrogens (tertiary/aromatic N) is 2. The van der Waals surface area contributed by atoms with Gasteiger partial charge in [-0.15, -0.1) is 5.10 Å². The van der Waals surface area contributed by atoms with Crippen molar-refractivity contribution in [2.45, 2.75) is 31.5 Å². The zero-order valence-corrected chi connectivity index (χ0v) is 14.9. The van der Waals surface area contributed by atoms with Crippen LogP contribution >= 0.6 is 11.8 Å². The first kappa shape index (κ1) is 18.1. The van der Waals surface area contributed by atoms with E-state index >= 15 is 0 Å². The Labute approximate surface area is 145 Å². The Balaban J connectivity index is 1.80. The minimum Gasteiger partial charge on any atom is -0.493 e. The van der Waals surface area contributed by atoms with Gasteiger partial charge >= 0.3 is 0 Å². The molecule has 1 aromatic heterocycles. The average Bonchev–Trinajstić information content (AvgIpc) is 3.05. The van der Waals surface area contributed by atoms with Gasteiger partial charge in [-0.25, -0.2) is 4.98 Å². The first-order valence-electron chi connectivity index (χ1n) is 7.68. The van der Waals surface area contributed by atoms with Crippen LogP contribution < -0.4 is 14.8 Å². The molecule has 1 amide bonds. The Bertz CT molecular complexity index is 675. The summed E-state index contributed by atoms with van der Waals surface area (Å²) >= 11 is 1.31. The van der Waals surface area contributed by atoms with Crippen molar-refractivity contribution >= 4 is 17.7 Å². The van der Waals surface area contributed by atoms with Gasteiger partial charge in [-0.2, -0.15) is 0 Å². The number of hydrogen-bond donors (Lipinski definition) is 2. The standard InChI is InChI=1S/C16H22N4O3S/c1-4-5-14-18-16(20-19-14)24-10-15(21)17-9-11-6-7-12(22-2)13(8-11)23-3/h6-8H,4-5,9-10H2,1-3H3,(H,17,21)(H,18,19,20). The second-order valence-electron chi connectivity index (χ2n) is 5.07. The first-order chi connectivity index (χ1) is 11.7. The van der Waals surface area contributed by atoms with Crippen LogP contribution in [0.5, 0.6) is 11.5 Å². The summed E-state index contributed by atoms with van der Waals surface area (Å²) in [5.74, 6) is 2.36. The molecule has 130 valence electrons. The van der Waals surface area contributed by atoms with E-state index in [2.05, 4.69) is 27.4 Å². The summed E-state index contributed by atoms with van der Waals surface area (Å²) < 4.78 is 10.4. The topological polar surface area (TPSA) is 89.1 Å². The highest BCUT2D eigenvalue weighted by molar-refractivity contribution is 7.99. The molecule has 1 heterocycles. The van der Waals surface area contributed by atoms with Crippen LogP contribution in [0.15, 0.2) is 23.4 Å². The van der Waals surface area contributed by atoms with Gasteiger partial charge in [0.05, 0.1) is 20.0 Å². The van der Waals surface area contributed by atoms with E-state index < -0.39 is 0 Å². The van der Waals surface area contributed by atoms with E-state index in [1.54, 1.807) is 14.2 Å². The maximum Gasteiger partial charge on any atom is 0.230 e. The number of carbonyl (C=O) groups is 1. The number of thioether (sulfide) groups is 1. The van der Waals surface area contributed by atoms with Gasteiger partial charge in [-0.05, 0) is 24.1 Å². The molecule has 2 rings (SSSR count). The second kappa shape index (κ2) is 9.17. The lowest BCUT2D eigenvalue weighted by Crippen LogP contribution is -2.24. The fourth-order valence-electron chi connectivity index (χ4n) is 2.06. The van der Waals surface area contributed by atoms with E-state index in [1.165, 1.54) is 11.8 Å². The third-order valence-electron chi connectivity index (χ3n) is 3.27. The van der Waals surface area contributed by atoms with Crippen molar-refractivity contribution in [2.75, 3.05) is 20.0 Å². The summed E-state index contributed by atoms with van der Waals surface area (Å²) in [5.41, 5.74) is 0.939. The van der Waals surface area contributed by atoms with Crippen LogP contribution in [0.25, 0.3) is 0 Å². The van der Waals surface area contributed by atoms with Crippen LogP contribution in [-0.4, -0.2) is 41.1 Å². The van der Waals surface area contributed by atoms with Crippen molar-refractivity contribution in [3.63, 3.8) is 0 Å². The van der Waals surface area contributed by atoms with Crippen molar-refractivity contribution in [1.29, 1.82) is 0 Å². The van der Waals surface area contributed by atoms with E-state index in [1.807, 2.05) is 18.2 Å². The van der Waals surface area contributed by atoms with Gasteiger partial charge < -0.3 is 14.8 Å². The van der Waals surface area contributed by atoms with E-state index in [4.69, 9.17) is 9.47 Å². The molecular weight excluding hydrogens is 328 g/mol. The molecule has 0 aliphatic rings. The number of hydrogen-bond acceptors (Lipinski definition) is 6. The van der Waals surface area contributed by atoms with Crippen LogP contribution in [0.1, 0.15) is 24.7 Å². The number of carbonyl (C=O) groups excluding carboxylic acids is 1. The number of aromatic nitrogens is 3. The number of nitrogens with one attached hydrogen (secondary N) is 2. The lowest BCUT2D eigenvalue weighted by atomic mass is 10.2.